The number of halogens is 3. The van der Waals surface area contributed by atoms with E-state index in [1.807, 2.05) is 6.92 Å². The highest BCUT2D eigenvalue weighted by Gasteiger charge is 2.07. The molecule has 0 aliphatic rings. The SMILES string of the molecule is C=C(C)CNC(N)=NCc1cc(F)c(F)cc1Br. The van der Waals surface area contributed by atoms with Crippen LogP contribution in [0.2, 0.25) is 0 Å². The van der Waals surface area contributed by atoms with Gasteiger partial charge in [-0.2, -0.15) is 0 Å². The molecule has 3 N–H and O–H groups in total. The first-order chi connectivity index (χ1) is 8.40. The maximum Gasteiger partial charge on any atom is 0.189 e. The van der Waals surface area contributed by atoms with Gasteiger partial charge in [0.1, 0.15) is 0 Å². The number of nitrogens with zero attached hydrogens (tertiary/aromatic N) is 1. The first-order valence-electron chi connectivity index (χ1n) is 5.21. The molecule has 18 heavy (non-hydrogen) atoms. The third-order valence-electron chi connectivity index (χ3n) is 2.08. The Hall–Kier alpha value is -1.43. The zero-order valence-corrected chi connectivity index (χ0v) is 11.5. The normalized spacial score (nSPS) is 11.4. The van der Waals surface area contributed by atoms with Gasteiger partial charge in [-0.05, 0) is 24.6 Å². The van der Waals surface area contributed by atoms with Gasteiger partial charge in [-0.3, -0.25) is 0 Å². The summed E-state index contributed by atoms with van der Waals surface area (Å²) in [6.07, 6.45) is 0. The van der Waals surface area contributed by atoms with Crippen molar-refractivity contribution in [1.29, 1.82) is 0 Å². The minimum absolute atomic E-state index is 0.160. The third kappa shape index (κ3) is 4.44. The number of hydrogen-bond donors (Lipinski definition) is 2. The van der Waals surface area contributed by atoms with Crippen molar-refractivity contribution in [3.05, 3.63) is 46.0 Å². The lowest BCUT2D eigenvalue weighted by atomic mass is 10.2. The Balaban J connectivity index is 2.70. The lowest BCUT2D eigenvalue weighted by Gasteiger charge is -2.06. The van der Waals surface area contributed by atoms with Crippen molar-refractivity contribution in [1.82, 2.24) is 5.32 Å². The van der Waals surface area contributed by atoms with Crippen LogP contribution in [0.3, 0.4) is 0 Å². The second kappa shape index (κ2) is 6.49. The molecule has 0 saturated carbocycles. The summed E-state index contributed by atoms with van der Waals surface area (Å²) >= 11 is 3.14. The van der Waals surface area contributed by atoms with Gasteiger partial charge in [-0.1, -0.05) is 28.1 Å². The fourth-order valence-electron chi connectivity index (χ4n) is 1.15. The fraction of sp³-hybridized carbons (Fsp3) is 0.250. The van der Waals surface area contributed by atoms with Gasteiger partial charge in [0.2, 0.25) is 0 Å². The average molecular weight is 318 g/mol. The molecule has 3 nitrogen and oxygen atoms in total. The summed E-state index contributed by atoms with van der Waals surface area (Å²) in [4.78, 5) is 4.02. The Labute approximate surface area is 113 Å². The van der Waals surface area contributed by atoms with Crippen LogP contribution in [0.5, 0.6) is 0 Å². The number of nitrogens with two attached hydrogens (primary N) is 1. The van der Waals surface area contributed by atoms with Crippen molar-refractivity contribution in [2.75, 3.05) is 6.54 Å². The lowest BCUT2D eigenvalue weighted by Crippen LogP contribution is -2.32. The Morgan fingerprint density at radius 2 is 2.06 bits per heavy atom. The number of aliphatic imine (C=N–C) groups is 1. The number of nitrogens with one attached hydrogen (secondary N) is 1. The van der Waals surface area contributed by atoms with E-state index in [2.05, 4.69) is 32.8 Å². The van der Waals surface area contributed by atoms with E-state index < -0.39 is 11.6 Å². The summed E-state index contributed by atoms with van der Waals surface area (Å²) in [6.45, 7) is 6.24. The van der Waals surface area contributed by atoms with Crippen LogP contribution >= 0.6 is 15.9 Å². The van der Waals surface area contributed by atoms with Crippen molar-refractivity contribution < 1.29 is 8.78 Å². The molecule has 0 bridgehead atoms. The molecule has 0 saturated heterocycles. The van der Waals surface area contributed by atoms with Crippen LogP contribution < -0.4 is 11.1 Å². The molecule has 0 fully saturated rings. The predicted octanol–water partition coefficient (Wildman–Crippen LogP) is 2.71. The molecule has 0 aliphatic carbocycles. The second-order valence-electron chi connectivity index (χ2n) is 3.87. The van der Waals surface area contributed by atoms with Crippen LogP contribution in [0, 0.1) is 11.6 Å². The zero-order chi connectivity index (χ0) is 13.7. The summed E-state index contributed by atoms with van der Waals surface area (Å²) in [5.41, 5.74) is 7.04. The molecule has 0 atom stereocenters. The molecule has 1 aromatic rings. The summed E-state index contributed by atoms with van der Waals surface area (Å²) in [5, 5.41) is 2.84. The molecule has 0 aliphatic heterocycles. The minimum Gasteiger partial charge on any atom is -0.370 e. The van der Waals surface area contributed by atoms with Gasteiger partial charge in [-0.15, -0.1) is 0 Å². The third-order valence-corrected chi connectivity index (χ3v) is 2.82. The van der Waals surface area contributed by atoms with E-state index in [0.717, 1.165) is 17.7 Å². The van der Waals surface area contributed by atoms with E-state index in [9.17, 15) is 8.78 Å². The molecule has 0 amide bonds. The topological polar surface area (TPSA) is 50.4 Å². The molecule has 0 aromatic heterocycles. The molecule has 0 unspecified atom stereocenters. The van der Waals surface area contributed by atoms with E-state index in [1.165, 1.54) is 0 Å². The van der Waals surface area contributed by atoms with Gasteiger partial charge in [0.05, 0.1) is 6.54 Å². The summed E-state index contributed by atoms with van der Waals surface area (Å²) in [6, 6.07) is 2.16. The summed E-state index contributed by atoms with van der Waals surface area (Å²) in [7, 11) is 0. The van der Waals surface area contributed by atoms with E-state index in [4.69, 9.17) is 5.73 Å². The molecule has 98 valence electrons. The molecular formula is C12H14BrF2N3. The standard InChI is InChI=1S/C12H14BrF2N3/c1-7(2)5-17-12(16)18-6-8-3-10(14)11(15)4-9(8)13/h3-4H,1,5-6H2,2H3,(H3,16,17,18). The van der Waals surface area contributed by atoms with Crippen molar-refractivity contribution in [2.45, 2.75) is 13.5 Å². The van der Waals surface area contributed by atoms with Gasteiger partial charge in [0.25, 0.3) is 0 Å². The van der Waals surface area contributed by atoms with Crippen LogP contribution in [0.4, 0.5) is 8.78 Å². The first kappa shape index (κ1) is 14.6. The largest absolute Gasteiger partial charge is 0.370 e. The maximum atomic E-state index is 13.0. The van der Waals surface area contributed by atoms with Crippen molar-refractivity contribution in [3.8, 4) is 0 Å². The van der Waals surface area contributed by atoms with Crippen LogP contribution in [0.15, 0.2) is 33.7 Å². The van der Waals surface area contributed by atoms with Crippen LogP contribution in [-0.2, 0) is 6.54 Å². The first-order valence-corrected chi connectivity index (χ1v) is 6.01. The maximum absolute atomic E-state index is 13.0. The molecule has 1 rings (SSSR count). The van der Waals surface area contributed by atoms with Gasteiger partial charge in [0, 0.05) is 11.0 Å². The number of benzene rings is 1. The predicted molar refractivity (Wildman–Crippen MR) is 72.2 cm³/mol. The monoisotopic (exact) mass is 317 g/mol. The van der Waals surface area contributed by atoms with E-state index in [0.29, 0.717) is 16.6 Å². The van der Waals surface area contributed by atoms with E-state index >= 15 is 0 Å². The molecule has 0 spiro atoms. The van der Waals surface area contributed by atoms with Crippen molar-refractivity contribution in [3.63, 3.8) is 0 Å². The van der Waals surface area contributed by atoms with Crippen molar-refractivity contribution >= 4 is 21.9 Å². The van der Waals surface area contributed by atoms with Crippen molar-refractivity contribution in [2.24, 2.45) is 10.7 Å². The van der Waals surface area contributed by atoms with E-state index in [1.54, 1.807) is 0 Å². The Morgan fingerprint density at radius 1 is 1.44 bits per heavy atom. The quantitative estimate of drug-likeness (QED) is 0.388. The highest BCUT2D eigenvalue weighted by atomic mass is 79.9. The van der Waals surface area contributed by atoms with Crippen LogP contribution in [-0.4, -0.2) is 12.5 Å². The van der Waals surface area contributed by atoms with Crippen LogP contribution in [0.25, 0.3) is 0 Å². The smallest absolute Gasteiger partial charge is 0.189 e. The Kier molecular flexibility index (Phi) is 5.27. The molecule has 0 radical (unpaired) electrons. The highest BCUT2D eigenvalue weighted by molar-refractivity contribution is 9.10. The summed E-state index contributed by atoms with van der Waals surface area (Å²) in [5.74, 6) is -1.57. The van der Waals surface area contributed by atoms with Gasteiger partial charge in [-0.25, -0.2) is 13.8 Å². The fourth-order valence-corrected chi connectivity index (χ4v) is 1.59. The number of hydrogen-bond acceptors (Lipinski definition) is 1. The van der Waals surface area contributed by atoms with E-state index in [-0.39, 0.29) is 12.5 Å². The highest BCUT2D eigenvalue weighted by Crippen LogP contribution is 2.21. The second-order valence-corrected chi connectivity index (χ2v) is 4.72. The molecule has 1 aromatic carbocycles. The summed E-state index contributed by atoms with van der Waals surface area (Å²) < 4.78 is 26.4. The molecular weight excluding hydrogens is 304 g/mol. The minimum atomic E-state index is -0.906. The number of guanidine groups is 1. The Bertz CT molecular complexity index is 486. The number of rotatable bonds is 4. The van der Waals surface area contributed by atoms with Gasteiger partial charge < -0.3 is 11.1 Å². The van der Waals surface area contributed by atoms with Gasteiger partial charge >= 0.3 is 0 Å². The molecule has 6 heteroatoms. The Morgan fingerprint density at radius 3 is 2.67 bits per heavy atom. The zero-order valence-electron chi connectivity index (χ0n) is 9.93. The van der Waals surface area contributed by atoms with Gasteiger partial charge in [0.15, 0.2) is 17.6 Å². The molecule has 0 heterocycles. The lowest BCUT2D eigenvalue weighted by molar-refractivity contribution is 0.506. The average Bonchev–Trinajstić information content (AvgIpc) is 2.29. The van der Waals surface area contributed by atoms with Crippen LogP contribution in [0.1, 0.15) is 12.5 Å².